The fourth-order valence-corrected chi connectivity index (χ4v) is 4.87. The number of amides is 1. The Hall–Kier alpha value is -3.77. The Morgan fingerprint density at radius 1 is 0.970 bits per heavy atom. The molecule has 0 aliphatic rings. The van der Waals surface area contributed by atoms with Crippen molar-refractivity contribution in [2.45, 2.75) is 13.5 Å². The first kappa shape index (κ1) is 21.1. The molecule has 5 rings (SSSR count). The van der Waals surface area contributed by atoms with E-state index in [0.717, 1.165) is 16.3 Å². The molecule has 0 N–H and O–H groups in total. The molecule has 1 heterocycles. The van der Waals surface area contributed by atoms with Crippen LogP contribution in [-0.2, 0) is 6.54 Å². The number of anilines is 1. The first-order valence-corrected chi connectivity index (χ1v) is 11.5. The van der Waals surface area contributed by atoms with Gasteiger partial charge in [0.05, 0.1) is 23.4 Å². The highest BCUT2D eigenvalue weighted by Gasteiger charge is 2.27. The van der Waals surface area contributed by atoms with E-state index >= 15 is 0 Å². The Bertz CT molecular complexity index is 1450. The monoisotopic (exact) mass is 456 g/mol. The van der Waals surface area contributed by atoms with E-state index in [1.807, 2.05) is 79.7 Å². The molecule has 33 heavy (non-hydrogen) atoms. The number of carbonyl (C=O) groups excluding carboxylic acids is 1. The third-order valence-corrected chi connectivity index (χ3v) is 6.47. The molecular formula is C27H21FN2O2S. The predicted octanol–water partition coefficient (Wildman–Crippen LogP) is 6.83. The molecule has 0 unspecified atom stereocenters. The minimum atomic E-state index is -0.401. The molecule has 0 atom stereocenters. The van der Waals surface area contributed by atoms with Crippen LogP contribution in [-0.4, -0.2) is 17.5 Å². The molecule has 1 amide bonds. The Kier molecular flexibility index (Phi) is 5.75. The number of hydrogen-bond acceptors (Lipinski definition) is 4. The highest BCUT2D eigenvalue weighted by molar-refractivity contribution is 7.22. The molecule has 0 saturated heterocycles. The second-order valence-corrected chi connectivity index (χ2v) is 8.56. The zero-order chi connectivity index (χ0) is 22.8. The summed E-state index contributed by atoms with van der Waals surface area (Å²) in [6.07, 6.45) is 0. The van der Waals surface area contributed by atoms with Crippen molar-refractivity contribution >= 4 is 43.4 Å². The van der Waals surface area contributed by atoms with Crippen molar-refractivity contribution in [1.29, 1.82) is 0 Å². The van der Waals surface area contributed by atoms with Gasteiger partial charge >= 0.3 is 0 Å². The number of hydrogen-bond donors (Lipinski definition) is 0. The second-order valence-electron chi connectivity index (χ2n) is 7.55. The fraction of sp³-hybridized carbons (Fsp3) is 0.111. The number of rotatable bonds is 6. The average Bonchev–Trinajstić information content (AvgIpc) is 3.28. The highest BCUT2D eigenvalue weighted by Crippen LogP contribution is 2.35. The number of fused-ring (bicyclic) bond motifs is 2. The van der Waals surface area contributed by atoms with Crippen molar-refractivity contribution in [3.8, 4) is 5.75 Å². The van der Waals surface area contributed by atoms with E-state index < -0.39 is 5.82 Å². The van der Waals surface area contributed by atoms with Gasteiger partial charge in [-0.3, -0.25) is 9.69 Å². The number of para-hydroxylation sites is 1. The Morgan fingerprint density at radius 2 is 1.76 bits per heavy atom. The SMILES string of the molecule is CCOc1ccc2ccccc2c1C(=O)N(Cc1ccccc1)c1nc2c(F)cccc2s1. The van der Waals surface area contributed by atoms with Gasteiger partial charge in [0.15, 0.2) is 5.13 Å². The number of aromatic nitrogens is 1. The minimum absolute atomic E-state index is 0.237. The van der Waals surface area contributed by atoms with Crippen LogP contribution in [0, 0.1) is 5.82 Å². The van der Waals surface area contributed by atoms with Crippen LogP contribution in [0.5, 0.6) is 5.75 Å². The van der Waals surface area contributed by atoms with E-state index in [1.165, 1.54) is 17.4 Å². The van der Waals surface area contributed by atoms with Gasteiger partial charge in [-0.1, -0.05) is 78.1 Å². The lowest BCUT2D eigenvalue weighted by Crippen LogP contribution is -2.31. The number of nitrogens with zero attached hydrogens (tertiary/aromatic N) is 2. The summed E-state index contributed by atoms with van der Waals surface area (Å²) in [7, 11) is 0. The van der Waals surface area contributed by atoms with Crippen LogP contribution in [0.1, 0.15) is 22.8 Å². The van der Waals surface area contributed by atoms with E-state index in [2.05, 4.69) is 4.98 Å². The largest absolute Gasteiger partial charge is 0.493 e. The molecule has 0 bridgehead atoms. The molecule has 164 valence electrons. The van der Waals surface area contributed by atoms with Crippen LogP contribution >= 0.6 is 11.3 Å². The fourth-order valence-electron chi connectivity index (χ4n) is 3.89. The smallest absolute Gasteiger partial charge is 0.264 e. The predicted molar refractivity (Wildman–Crippen MR) is 132 cm³/mol. The molecule has 4 nitrogen and oxygen atoms in total. The maximum Gasteiger partial charge on any atom is 0.264 e. The summed E-state index contributed by atoms with van der Waals surface area (Å²) in [5, 5.41) is 2.19. The first-order chi connectivity index (χ1) is 16.2. The summed E-state index contributed by atoms with van der Waals surface area (Å²) < 4.78 is 21.0. The third kappa shape index (κ3) is 4.05. The molecule has 0 spiro atoms. The Balaban J connectivity index is 1.69. The average molecular weight is 457 g/mol. The van der Waals surface area contributed by atoms with Crippen molar-refractivity contribution in [3.63, 3.8) is 0 Å². The zero-order valence-corrected chi connectivity index (χ0v) is 18.8. The summed E-state index contributed by atoms with van der Waals surface area (Å²) in [5.41, 5.74) is 1.70. The van der Waals surface area contributed by atoms with Crippen LogP contribution in [0.4, 0.5) is 9.52 Å². The van der Waals surface area contributed by atoms with Crippen molar-refractivity contribution in [1.82, 2.24) is 4.98 Å². The van der Waals surface area contributed by atoms with Gasteiger partial charge in [-0.15, -0.1) is 0 Å². The van der Waals surface area contributed by atoms with Gasteiger partial charge in [0.25, 0.3) is 5.91 Å². The van der Waals surface area contributed by atoms with E-state index in [0.29, 0.717) is 34.3 Å². The third-order valence-electron chi connectivity index (χ3n) is 5.42. The van der Waals surface area contributed by atoms with Crippen LogP contribution < -0.4 is 9.64 Å². The standard InChI is InChI=1S/C27H21FN2O2S/c1-2-32-22-16-15-19-11-6-7-12-20(19)24(22)26(31)30(17-18-9-4-3-5-10-18)27-29-25-21(28)13-8-14-23(25)33-27/h3-16H,2,17H2,1H3. The van der Waals surface area contributed by atoms with Crippen molar-refractivity contribution < 1.29 is 13.9 Å². The van der Waals surface area contributed by atoms with Gasteiger partial charge in [0.1, 0.15) is 17.1 Å². The molecule has 6 heteroatoms. The number of thiazole rings is 1. The normalized spacial score (nSPS) is 11.1. The van der Waals surface area contributed by atoms with Crippen molar-refractivity contribution in [3.05, 3.63) is 102 Å². The van der Waals surface area contributed by atoms with E-state index in [1.54, 1.807) is 11.0 Å². The number of halogens is 1. The minimum Gasteiger partial charge on any atom is -0.493 e. The van der Waals surface area contributed by atoms with Gasteiger partial charge in [-0.25, -0.2) is 9.37 Å². The van der Waals surface area contributed by atoms with E-state index in [9.17, 15) is 9.18 Å². The number of carbonyl (C=O) groups is 1. The lowest BCUT2D eigenvalue weighted by atomic mass is 10.0. The van der Waals surface area contributed by atoms with Gasteiger partial charge in [-0.05, 0) is 41.5 Å². The van der Waals surface area contributed by atoms with Gasteiger partial charge in [0.2, 0.25) is 0 Å². The lowest BCUT2D eigenvalue weighted by Gasteiger charge is -2.22. The maximum atomic E-state index is 14.4. The molecule has 0 saturated carbocycles. The van der Waals surface area contributed by atoms with Crippen molar-refractivity contribution in [2.75, 3.05) is 11.5 Å². The molecule has 0 fully saturated rings. The first-order valence-electron chi connectivity index (χ1n) is 10.7. The van der Waals surface area contributed by atoms with Gasteiger partial charge < -0.3 is 4.74 Å². The Labute approximate surface area is 194 Å². The van der Waals surface area contributed by atoms with E-state index in [-0.39, 0.29) is 11.4 Å². The summed E-state index contributed by atoms with van der Waals surface area (Å²) >= 11 is 1.30. The molecule has 0 radical (unpaired) electrons. The summed E-state index contributed by atoms with van der Waals surface area (Å²) in [5.74, 6) is -0.118. The molecule has 0 aliphatic heterocycles. The quantitative estimate of drug-likeness (QED) is 0.281. The topological polar surface area (TPSA) is 42.4 Å². The van der Waals surface area contributed by atoms with Crippen LogP contribution in [0.25, 0.3) is 21.0 Å². The van der Waals surface area contributed by atoms with Gasteiger partial charge in [-0.2, -0.15) is 0 Å². The molecule has 0 aliphatic carbocycles. The maximum absolute atomic E-state index is 14.4. The number of benzene rings is 4. The second kappa shape index (κ2) is 9.00. The van der Waals surface area contributed by atoms with E-state index in [4.69, 9.17) is 4.74 Å². The molecule has 4 aromatic carbocycles. The van der Waals surface area contributed by atoms with Crippen LogP contribution in [0.2, 0.25) is 0 Å². The molecule has 5 aromatic rings. The summed E-state index contributed by atoms with van der Waals surface area (Å²) in [4.78, 5) is 20.3. The lowest BCUT2D eigenvalue weighted by molar-refractivity contribution is 0.0983. The van der Waals surface area contributed by atoms with Crippen molar-refractivity contribution in [2.24, 2.45) is 0 Å². The van der Waals surface area contributed by atoms with Crippen LogP contribution in [0.15, 0.2) is 84.9 Å². The molecule has 1 aromatic heterocycles. The zero-order valence-electron chi connectivity index (χ0n) is 18.0. The number of ether oxygens (including phenoxy) is 1. The summed E-state index contributed by atoms with van der Waals surface area (Å²) in [6.45, 7) is 2.63. The van der Waals surface area contributed by atoms with Gasteiger partial charge in [0, 0.05) is 0 Å². The van der Waals surface area contributed by atoms with Crippen LogP contribution in [0.3, 0.4) is 0 Å². The summed E-state index contributed by atoms with van der Waals surface area (Å²) in [6, 6.07) is 26.1. The highest BCUT2D eigenvalue weighted by atomic mass is 32.1. The Morgan fingerprint density at radius 3 is 2.55 bits per heavy atom. The molecular weight excluding hydrogens is 435 g/mol.